The van der Waals surface area contributed by atoms with E-state index in [1.54, 1.807) is 37.3 Å². The zero-order valence-corrected chi connectivity index (χ0v) is 19.1. The standard InChI is InChI=1S/C21H18ClIN2O5/c1-3-29-18-8-13(7-16(23)20(18)30-11-19(26)27)6-14(10-24)21(28)25-17-9-15(22)5-4-12(17)2/h4-9H,3,11H2,1-2H3,(H,25,28)(H,26,27)/b14-6+. The van der Waals surface area contributed by atoms with Gasteiger partial charge in [-0.2, -0.15) is 5.26 Å². The molecule has 0 saturated carbocycles. The number of carboxylic acids is 1. The van der Waals surface area contributed by atoms with Crippen molar-refractivity contribution in [3.63, 3.8) is 0 Å². The second-order valence-electron chi connectivity index (χ2n) is 6.03. The summed E-state index contributed by atoms with van der Waals surface area (Å²) in [5.41, 5.74) is 1.72. The monoisotopic (exact) mass is 540 g/mol. The molecule has 0 spiro atoms. The van der Waals surface area contributed by atoms with E-state index in [1.807, 2.05) is 35.6 Å². The number of ether oxygens (including phenoxy) is 2. The molecule has 156 valence electrons. The van der Waals surface area contributed by atoms with Gasteiger partial charge in [-0.15, -0.1) is 0 Å². The molecule has 1 amide bonds. The van der Waals surface area contributed by atoms with Gasteiger partial charge in [0.05, 0.1) is 10.2 Å². The molecule has 0 radical (unpaired) electrons. The van der Waals surface area contributed by atoms with E-state index < -0.39 is 18.5 Å². The van der Waals surface area contributed by atoms with Crippen molar-refractivity contribution in [2.75, 3.05) is 18.5 Å². The highest BCUT2D eigenvalue weighted by Gasteiger charge is 2.16. The van der Waals surface area contributed by atoms with E-state index in [0.717, 1.165) is 5.56 Å². The van der Waals surface area contributed by atoms with Gasteiger partial charge in [-0.3, -0.25) is 4.79 Å². The Morgan fingerprint density at radius 3 is 2.67 bits per heavy atom. The van der Waals surface area contributed by atoms with Gasteiger partial charge in [-0.05, 0) is 77.9 Å². The van der Waals surface area contributed by atoms with Gasteiger partial charge in [0.1, 0.15) is 11.6 Å². The highest BCUT2D eigenvalue weighted by Crippen LogP contribution is 2.35. The third kappa shape index (κ3) is 6.37. The maximum Gasteiger partial charge on any atom is 0.341 e. The number of benzene rings is 2. The van der Waals surface area contributed by atoms with Crippen LogP contribution in [0.3, 0.4) is 0 Å². The van der Waals surface area contributed by atoms with Crippen molar-refractivity contribution < 1.29 is 24.2 Å². The predicted octanol–water partition coefficient (Wildman–Crippen LogP) is 4.66. The molecule has 2 N–H and O–H groups in total. The number of nitrogens with zero attached hydrogens (tertiary/aromatic N) is 1. The van der Waals surface area contributed by atoms with Gasteiger partial charge in [0.15, 0.2) is 18.1 Å². The van der Waals surface area contributed by atoms with Crippen LogP contribution in [0.25, 0.3) is 6.08 Å². The van der Waals surface area contributed by atoms with Gasteiger partial charge in [0.25, 0.3) is 5.91 Å². The van der Waals surface area contributed by atoms with E-state index in [1.165, 1.54) is 6.08 Å². The van der Waals surface area contributed by atoms with Crippen LogP contribution in [-0.2, 0) is 9.59 Å². The number of carbonyl (C=O) groups excluding carboxylic acids is 1. The fourth-order valence-corrected chi connectivity index (χ4v) is 3.40. The van der Waals surface area contributed by atoms with E-state index >= 15 is 0 Å². The summed E-state index contributed by atoms with van der Waals surface area (Å²) in [5, 5.41) is 21.5. The van der Waals surface area contributed by atoms with E-state index in [9.17, 15) is 14.9 Å². The number of rotatable bonds is 8. The zero-order valence-electron chi connectivity index (χ0n) is 16.2. The van der Waals surface area contributed by atoms with E-state index in [2.05, 4.69) is 5.32 Å². The number of nitrogens with one attached hydrogen (secondary N) is 1. The first-order valence-corrected chi connectivity index (χ1v) is 10.2. The number of carbonyl (C=O) groups is 2. The summed E-state index contributed by atoms with van der Waals surface area (Å²) in [6.45, 7) is 3.40. The fourth-order valence-electron chi connectivity index (χ4n) is 2.44. The van der Waals surface area contributed by atoms with Crippen molar-refractivity contribution in [3.8, 4) is 17.6 Å². The average Bonchev–Trinajstić information content (AvgIpc) is 2.68. The molecule has 0 bridgehead atoms. The molecule has 2 aromatic rings. The van der Waals surface area contributed by atoms with Crippen molar-refractivity contribution in [2.24, 2.45) is 0 Å². The van der Waals surface area contributed by atoms with Crippen LogP contribution in [0.15, 0.2) is 35.9 Å². The van der Waals surface area contributed by atoms with Crippen LogP contribution in [0.2, 0.25) is 5.02 Å². The maximum atomic E-state index is 12.6. The maximum absolute atomic E-state index is 12.6. The summed E-state index contributed by atoms with van der Waals surface area (Å²) in [7, 11) is 0. The Labute approximate surface area is 192 Å². The lowest BCUT2D eigenvalue weighted by molar-refractivity contribution is -0.139. The van der Waals surface area contributed by atoms with Gasteiger partial charge in [0.2, 0.25) is 0 Å². The first kappa shape index (κ1) is 23.5. The molecule has 0 aliphatic rings. The summed E-state index contributed by atoms with van der Waals surface area (Å²) >= 11 is 7.95. The molecule has 0 aliphatic carbocycles. The van der Waals surface area contributed by atoms with Crippen LogP contribution in [0.5, 0.6) is 11.5 Å². The van der Waals surface area contributed by atoms with Gasteiger partial charge in [0, 0.05) is 10.7 Å². The van der Waals surface area contributed by atoms with Gasteiger partial charge in [-0.25, -0.2) is 4.79 Å². The molecule has 2 rings (SSSR count). The molecule has 0 aliphatic heterocycles. The van der Waals surface area contributed by atoms with Gasteiger partial charge >= 0.3 is 5.97 Å². The molecule has 0 fully saturated rings. The molecular weight excluding hydrogens is 523 g/mol. The third-order valence-electron chi connectivity index (χ3n) is 3.80. The number of anilines is 1. The first-order valence-electron chi connectivity index (χ1n) is 8.75. The topological polar surface area (TPSA) is 109 Å². The number of aliphatic carboxylic acids is 1. The number of hydrogen-bond acceptors (Lipinski definition) is 5. The molecule has 9 heteroatoms. The molecular formula is C21H18ClIN2O5. The summed E-state index contributed by atoms with van der Waals surface area (Å²) < 4.78 is 11.4. The van der Waals surface area contributed by atoms with Crippen molar-refractivity contribution in [2.45, 2.75) is 13.8 Å². The number of aryl methyl sites for hydroxylation is 1. The molecule has 2 aromatic carbocycles. The average molecular weight is 541 g/mol. The lowest BCUT2D eigenvalue weighted by Crippen LogP contribution is -2.14. The van der Waals surface area contributed by atoms with Crippen molar-refractivity contribution in [1.82, 2.24) is 0 Å². The normalized spacial score (nSPS) is 10.8. The minimum atomic E-state index is -1.11. The molecule has 7 nitrogen and oxygen atoms in total. The lowest BCUT2D eigenvalue weighted by Gasteiger charge is -2.14. The molecule has 0 aromatic heterocycles. The smallest absolute Gasteiger partial charge is 0.341 e. The molecule has 0 heterocycles. The van der Waals surface area contributed by atoms with Crippen LogP contribution in [-0.4, -0.2) is 30.2 Å². The highest BCUT2D eigenvalue weighted by molar-refractivity contribution is 14.1. The largest absolute Gasteiger partial charge is 0.490 e. The van der Waals surface area contributed by atoms with Crippen LogP contribution < -0.4 is 14.8 Å². The summed E-state index contributed by atoms with van der Waals surface area (Å²) in [5.74, 6) is -1.09. The Balaban J connectivity index is 2.36. The number of nitriles is 1. The number of halogens is 2. The van der Waals surface area contributed by atoms with E-state index in [4.69, 9.17) is 26.2 Å². The summed E-state index contributed by atoms with van der Waals surface area (Å²) in [6.07, 6.45) is 1.42. The Morgan fingerprint density at radius 1 is 1.30 bits per heavy atom. The van der Waals surface area contributed by atoms with Crippen LogP contribution >= 0.6 is 34.2 Å². The summed E-state index contributed by atoms with van der Waals surface area (Å²) in [6, 6.07) is 10.2. The SMILES string of the molecule is CCOc1cc(/C=C(\C#N)C(=O)Nc2cc(Cl)ccc2C)cc(I)c1OCC(=O)O. The molecule has 30 heavy (non-hydrogen) atoms. The Morgan fingerprint density at radius 2 is 2.03 bits per heavy atom. The van der Waals surface area contributed by atoms with Crippen molar-refractivity contribution >= 4 is 57.8 Å². The summed E-state index contributed by atoms with van der Waals surface area (Å²) in [4.78, 5) is 23.4. The zero-order chi connectivity index (χ0) is 22.3. The predicted molar refractivity (Wildman–Crippen MR) is 122 cm³/mol. The third-order valence-corrected chi connectivity index (χ3v) is 4.83. The van der Waals surface area contributed by atoms with Crippen LogP contribution in [0.4, 0.5) is 5.69 Å². The Bertz CT molecular complexity index is 1050. The van der Waals surface area contributed by atoms with E-state index in [0.29, 0.717) is 32.2 Å². The van der Waals surface area contributed by atoms with Gasteiger partial charge in [-0.1, -0.05) is 17.7 Å². The fraction of sp³-hybridized carbons (Fsp3) is 0.190. The second kappa shape index (κ2) is 10.8. The second-order valence-corrected chi connectivity index (χ2v) is 7.63. The van der Waals surface area contributed by atoms with Gasteiger partial charge < -0.3 is 19.9 Å². The van der Waals surface area contributed by atoms with Crippen LogP contribution in [0, 0.1) is 21.8 Å². The highest BCUT2D eigenvalue weighted by atomic mass is 127. The number of carboxylic acid groups (broad SMARTS) is 1. The molecule has 0 saturated heterocycles. The lowest BCUT2D eigenvalue weighted by atomic mass is 10.1. The van der Waals surface area contributed by atoms with Crippen molar-refractivity contribution in [1.29, 1.82) is 5.26 Å². The minimum absolute atomic E-state index is 0.119. The van der Waals surface area contributed by atoms with Crippen molar-refractivity contribution in [3.05, 3.63) is 55.6 Å². The Hall–Kier alpha value is -2.77. The minimum Gasteiger partial charge on any atom is -0.490 e. The Kier molecular flexibility index (Phi) is 8.50. The first-order chi connectivity index (χ1) is 14.2. The molecule has 0 unspecified atom stereocenters. The molecule has 0 atom stereocenters. The van der Waals surface area contributed by atoms with E-state index in [-0.39, 0.29) is 11.3 Å². The number of amides is 1. The number of hydrogen-bond donors (Lipinski definition) is 2. The van der Waals surface area contributed by atoms with Crippen LogP contribution in [0.1, 0.15) is 18.1 Å². The quantitative estimate of drug-likeness (QED) is 0.286.